The first-order valence-corrected chi connectivity index (χ1v) is 5.46. The molecule has 0 radical (unpaired) electrons. The molecule has 1 rings (SSSR count). The lowest BCUT2D eigenvalue weighted by molar-refractivity contribution is -0.142. The highest BCUT2D eigenvalue weighted by molar-refractivity contribution is 5.74. The molecule has 0 N–H and O–H groups in total. The fraction of sp³-hybridized carbons (Fsp3) is 0.385. The molecular weight excluding hydrogens is 240 g/mol. The summed E-state index contributed by atoms with van der Waals surface area (Å²) in [5.74, 6) is -0.549. The highest BCUT2D eigenvalue weighted by atomic mass is 19.3. The minimum absolute atomic E-state index is 0.162. The second kappa shape index (κ2) is 6.10. The van der Waals surface area contributed by atoms with Crippen molar-refractivity contribution in [3.05, 3.63) is 34.4 Å². The number of carbonyl (C=O) groups is 1. The number of alkyl halides is 2. The summed E-state index contributed by atoms with van der Waals surface area (Å²) in [6.45, 7) is 3.46. The molecule has 0 saturated heterocycles. The first-order valence-electron chi connectivity index (χ1n) is 5.46. The summed E-state index contributed by atoms with van der Waals surface area (Å²) in [7, 11) is 0. The number of esters is 1. The average molecular weight is 253 g/mol. The van der Waals surface area contributed by atoms with Crippen LogP contribution in [-0.4, -0.2) is 12.6 Å². The minimum Gasteiger partial charge on any atom is -0.466 e. The molecule has 0 aliphatic rings. The fourth-order valence-corrected chi connectivity index (χ4v) is 1.70. The Kier molecular flexibility index (Phi) is 4.78. The molecule has 0 amide bonds. The number of benzene rings is 1. The van der Waals surface area contributed by atoms with E-state index in [1.807, 2.05) is 6.07 Å². The van der Waals surface area contributed by atoms with Gasteiger partial charge in [-0.15, -0.1) is 0 Å². The van der Waals surface area contributed by atoms with Crippen molar-refractivity contribution in [1.82, 2.24) is 0 Å². The number of aryl methyl sites for hydroxylation is 1. The van der Waals surface area contributed by atoms with E-state index in [9.17, 15) is 13.6 Å². The van der Waals surface area contributed by atoms with E-state index in [1.165, 1.54) is 6.07 Å². The summed E-state index contributed by atoms with van der Waals surface area (Å²) < 4.78 is 30.5. The van der Waals surface area contributed by atoms with E-state index < -0.39 is 12.4 Å². The molecule has 0 heterocycles. The highest BCUT2D eigenvalue weighted by Gasteiger charge is 2.19. The van der Waals surface area contributed by atoms with E-state index in [1.54, 1.807) is 13.8 Å². The van der Waals surface area contributed by atoms with Gasteiger partial charge in [0.1, 0.15) is 0 Å². The molecular formula is C13H13F2NO2. The second-order valence-electron chi connectivity index (χ2n) is 3.76. The van der Waals surface area contributed by atoms with E-state index >= 15 is 0 Å². The molecule has 0 unspecified atom stereocenters. The van der Waals surface area contributed by atoms with Gasteiger partial charge in [-0.05, 0) is 37.1 Å². The molecule has 0 aliphatic carbocycles. The number of ether oxygens (including phenoxy) is 1. The van der Waals surface area contributed by atoms with Gasteiger partial charge in [0.05, 0.1) is 24.7 Å². The minimum atomic E-state index is -2.72. The third kappa shape index (κ3) is 3.27. The van der Waals surface area contributed by atoms with Crippen molar-refractivity contribution < 1.29 is 18.3 Å². The van der Waals surface area contributed by atoms with Crippen LogP contribution in [0.5, 0.6) is 0 Å². The lowest BCUT2D eigenvalue weighted by atomic mass is 9.96. The zero-order valence-electron chi connectivity index (χ0n) is 10.2. The Bertz CT molecular complexity index is 492. The number of nitriles is 1. The molecule has 96 valence electrons. The maximum atomic E-state index is 12.9. The van der Waals surface area contributed by atoms with Gasteiger partial charge in [-0.25, -0.2) is 8.78 Å². The molecule has 5 heteroatoms. The van der Waals surface area contributed by atoms with Crippen LogP contribution >= 0.6 is 0 Å². The zero-order chi connectivity index (χ0) is 13.7. The van der Waals surface area contributed by atoms with E-state index in [4.69, 9.17) is 10.00 Å². The van der Waals surface area contributed by atoms with Crippen LogP contribution in [0.15, 0.2) is 12.1 Å². The van der Waals surface area contributed by atoms with Gasteiger partial charge in [-0.3, -0.25) is 4.79 Å². The van der Waals surface area contributed by atoms with Crippen molar-refractivity contribution in [2.24, 2.45) is 0 Å². The van der Waals surface area contributed by atoms with Crippen LogP contribution in [0.1, 0.15) is 35.6 Å². The number of hydrogen-bond donors (Lipinski definition) is 0. The monoisotopic (exact) mass is 253 g/mol. The van der Waals surface area contributed by atoms with Crippen LogP contribution < -0.4 is 0 Å². The van der Waals surface area contributed by atoms with Crippen molar-refractivity contribution in [3.8, 4) is 6.07 Å². The Hall–Kier alpha value is -1.96. The largest absolute Gasteiger partial charge is 0.466 e. The van der Waals surface area contributed by atoms with Gasteiger partial charge in [0, 0.05) is 5.56 Å². The lowest BCUT2D eigenvalue weighted by Gasteiger charge is -2.12. The van der Waals surface area contributed by atoms with E-state index in [2.05, 4.69) is 0 Å². The maximum Gasteiger partial charge on any atom is 0.310 e. The molecule has 0 aromatic heterocycles. The molecule has 0 atom stereocenters. The first kappa shape index (κ1) is 14.1. The molecule has 1 aromatic carbocycles. The third-order valence-electron chi connectivity index (χ3n) is 2.50. The Balaban J connectivity index is 3.17. The summed E-state index contributed by atoms with van der Waals surface area (Å²) in [5, 5.41) is 8.74. The Morgan fingerprint density at radius 2 is 2.17 bits per heavy atom. The van der Waals surface area contributed by atoms with Crippen molar-refractivity contribution in [1.29, 1.82) is 5.26 Å². The van der Waals surface area contributed by atoms with Crippen molar-refractivity contribution in [3.63, 3.8) is 0 Å². The molecule has 0 spiro atoms. The molecule has 18 heavy (non-hydrogen) atoms. The van der Waals surface area contributed by atoms with Crippen molar-refractivity contribution in [2.75, 3.05) is 6.61 Å². The Morgan fingerprint density at radius 1 is 1.50 bits per heavy atom. The van der Waals surface area contributed by atoms with Gasteiger partial charge in [0.25, 0.3) is 6.43 Å². The van der Waals surface area contributed by atoms with Gasteiger partial charge in [-0.1, -0.05) is 0 Å². The number of halogens is 2. The topological polar surface area (TPSA) is 50.1 Å². The summed E-state index contributed by atoms with van der Waals surface area (Å²) in [6, 6.07) is 4.42. The van der Waals surface area contributed by atoms with Crippen molar-refractivity contribution >= 4 is 5.97 Å². The second-order valence-corrected chi connectivity index (χ2v) is 3.76. The SMILES string of the molecule is CCOC(=O)Cc1c(C)cc(C#N)cc1C(F)F. The number of hydrogen-bond acceptors (Lipinski definition) is 3. The quantitative estimate of drug-likeness (QED) is 0.775. The van der Waals surface area contributed by atoms with Gasteiger partial charge in [0.2, 0.25) is 0 Å². The van der Waals surface area contributed by atoms with E-state index in [-0.39, 0.29) is 29.7 Å². The predicted molar refractivity (Wildman–Crippen MR) is 61.2 cm³/mol. The van der Waals surface area contributed by atoms with Crippen molar-refractivity contribution in [2.45, 2.75) is 26.7 Å². The summed E-state index contributed by atoms with van der Waals surface area (Å²) >= 11 is 0. The molecule has 0 fully saturated rings. The van der Waals surface area contributed by atoms with E-state index in [0.717, 1.165) is 6.07 Å². The summed E-state index contributed by atoms with van der Waals surface area (Å²) in [6.07, 6.45) is -2.92. The number of rotatable bonds is 4. The number of nitrogens with zero attached hydrogens (tertiary/aromatic N) is 1. The van der Waals surface area contributed by atoms with Crippen LogP contribution in [-0.2, 0) is 16.0 Å². The Morgan fingerprint density at radius 3 is 2.67 bits per heavy atom. The van der Waals surface area contributed by atoms with Gasteiger partial charge in [0.15, 0.2) is 0 Å². The van der Waals surface area contributed by atoms with Crippen LogP contribution in [0.25, 0.3) is 0 Å². The van der Waals surface area contributed by atoms with Crippen LogP contribution in [0.4, 0.5) is 8.78 Å². The smallest absolute Gasteiger partial charge is 0.310 e. The van der Waals surface area contributed by atoms with Crippen LogP contribution in [0.2, 0.25) is 0 Å². The number of carbonyl (C=O) groups excluding carboxylic acids is 1. The summed E-state index contributed by atoms with van der Waals surface area (Å²) in [4.78, 5) is 11.4. The lowest BCUT2D eigenvalue weighted by Crippen LogP contribution is -2.11. The standard InChI is InChI=1S/C13H13F2NO2/c1-3-18-12(17)6-10-8(2)4-9(7-16)5-11(10)13(14)15/h4-5,13H,3,6H2,1-2H3. The highest BCUT2D eigenvalue weighted by Crippen LogP contribution is 2.27. The van der Waals surface area contributed by atoms with Gasteiger partial charge in [-0.2, -0.15) is 5.26 Å². The maximum absolute atomic E-state index is 12.9. The normalized spacial score (nSPS) is 10.2. The molecule has 0 bridgehead atoms. The molecule has 3 nitrogen and oxygen atoms in total. The summed E-state index contributed by atoms with van der Waals surface area (Å²) in [5.41, 5.74) is 0.620. The van der Waals surface area contributed by atoms with Crippen LogP contribution in [0, 0.1) is 18.3 Å². The molecule has 1 aromatic rings. The van der Waals surface area contributed by atoms with Gasteiger partial charge >= 0.3 is 5.97 Å². The molecule has 0 aliphatic heterocycles. The van der Waals surface area contributed by atoms with Gasteiger partial charge < -0.3 is 4.74 Å². The predicted octanol–water partition coefficient (Wildman–Crippen LogP) is 2.91. The van der Waals surface area contributed by atoms with Crippen LogP contribution in [0.3, 0.4) is 0 Å². The zero-order valence-corrected chi connectivity index (χ0v) is 10.2. The average Bonchev–Trinajstić information content (AvgIpc) is 2.31. The fourth-order valence-electron chi connectivity index (χ4n) is 1.70. The Labute approximate surface area is 104 Å². The first-order chi connectivity index (χ1) is 8.49. The van der Waals surface area contributed by atoms with E-state index in [0.29, 0.717) is 5.56 Å². The molecule has 0 saturated carbocycles. The third-order valence-corrected chi connectivity index (χ3v) is 2.50.